The lowest BCUT2D eigenvalue weighted by Gasteiger charge is -2.05. The van der Waals surface area contributed by atoms with E-state index in [2.05, 4.69) is 15.2 Å². The van der Waals surface area contributed by atoms with Crippen molar-refractivity contribution in [2.75, 3.05) is 5.75 Å². The summed E-state index contributed by atoms with van der Waals surface area (Å²) in [6.45, 7) is 3.96. The number of Topliss-reactive ketones (excluding diaryl/α,β-unsaturated/α-hetero) is 1. The molecular formula is C18H16N4OS. The van der Waals surface area contributed by atoms with E-state index in [1.165, 1.54) is 11.8 Å². The number of thioether (sulfide) groups is 1. The molecule has 1 N–H and O–H groups in total. The number of aryl methyl sites for hydroxylation is 2. The van der Waals surface area contributed by atoms with Gasteiger partial charge in [-0.2, -0.15) is 0 Å². The molecule has 24 heavy (non-hydrogen) atoms. The lowest BCUT2D eigenvalue weighted by molar-refractivity contribution is 0.102. The molecule has 0 amide bonds. The number of rotatable bonds is 4. The second kappa shape index (κ2) is 5.79. The van der Waals surface area contributed by atoms with Crippen LogP contribution >= 0.6 is 11.8 Å². The van der Waals surface area contributed by atoms with Crippen molar-refractivity contribution in [1.82, 2.24) is 19.6 Å². The number of carbonyl (C=O) groups is 1. The molecule has 4 rings (SSSR count). The molecule has 2 aromatic carbocycles. The van der Waals surface area contributed by atoms with E-state index in [4.69, 9.17) is 0 Å². The van der Waals surface area contributed by atoms with Gasteiger partial charge in [-0.3, -0.25) is 9.20 Å². The summed E-state index contributed by atoms with van der Waals surface area (Å²) in [4.78, 5) is 17.1. The summed E-state index contributed by atoms with van der Waals surface area (Å²) in [6.07, 6.45) is 0. The Bertz CT molecular complexity index is 1060. The van der Waals surface area contributed by atoms with Crippen molar-refractivity contribution in [3.63, 3.8) is 0 Å². The van der Waals surface area contributed by atoms with Crippen LogP contribution in [0.3, 0.4) is 0 Å². The number of nitrogens with one attached hydrogen (secondary N) is 1. The van der Waals surface area contributed by atoms with Crippen LogP contribution in [0, 0.1) is 13.8 Å². The highest BCUT2D eigenvalue weighted by molar-refractivity contribution is 7.99. The van der Waals surface area contributed by atoms with Gasteiger partial charge in [-0.05, 0) is 37.6 Å². The summed E-state index contributed by atoms with van der Waals surface area (Å²) in [7, 11) is 0. The number of fused-ring (bicyclic) bond motifs is 3. The Morgan fingerprint density at radius 2 is 2.04 bits per heavy atom. The molecule has 0 aliphatic carbocycles. The molecule has 2 aromatic heterocycles. The molecular weight excluding hydrogens is 320 g/mol. The van der Waals surface area contributed by atoms with Gasteiger partial charge in [-0.1, -0.05) is 41.6 Å². The van der Waals surface area contributed by atoms with E-state index in [9.17, 15) is 4.79 Å². The van der Waals surface area contributed by atoms with E-state index in [-0.39, 0.29) is 5.78 Å². The van der Waals surface area contributed by atoms with Gasteiger partial charge in [-0.25, -0.2) is 10.1 Å². The quantitative estimate of drug-likeness (QED) is 0.455. The van der Waals surface area contributed by atoms with E-state index >= 15 is 0 Å². The van der Waals surface area contributed by atoms with Crippen LogP contribution in [-0.4, -0.2) is 31.1 Å². The summed E-state index contributed by atoms with van der Waals surface area (Å²) >= 11 is 1.42. The number of carbonyl (C=O) groups excluding carboxylic acids is 1. The van der Waals surface area contributed by atoms with Gasteiger partial charge in [-0.15, -0.1) is 5.10 Å². The molecule has 0 aliphatic heterocycles. The van der Waals surface area contributed by atoms with Crippen LogP contribution in [0.1, 0.15) is 21.5 Å². The largest absolute Gasteiger partial charge is 0.293 e. The van der Waals surface area contributed by atoms with Gasteiger partial charge in [0.1, 0.15) is 0 Å². The maximum absolute atomic E-state index is 12.6. The Morgan fingerprint density at radius 1 is 1.21 bits per heavy atom. The Labute approximate surface area is 143 Å². The van der Waals surface area contributed by atoms with Crippen LogP contribution in [0.15, 0.2) is 47.6 Å². The standard InChI is InChI=1S/C18H16N4OS/c1-11-7-8-12(2)13(9-11)16(23)10-24-18-21-20-17-19-14-5-3-4-6-15(14)22(17)18/h3-9H,10H2,1-2H3,(H,19,20). The summed E-state index contributed by atoms with van der Waals surface area (Å²) in [5, 5.41) is 7.98. The Balaban J connectivity index is 1.63. The molecule has 0 saturated heterocycles. The highest BCUT2D eigenvalue weighted by atomic mass is 32.2. The van der Waals surface area contributed by atoms with Gasteiger partial charge in [0.25, 0.3) is 0 Å². The maximum Gasteiger partial charge on any atom is 0.231 e. The van der Waals surface area contributed by atoms with E-state index in [0.717, 1.165) is 32.9 Å². The van der Waals surface area contributed by atoms with Crippen molar-refractivity contribution in [3.8, 4) is 0 Å². The SMILES string of the molecule is Cc1ccc(C)c(C(=O)CSc2n[nH]c3nc4ccccc4n23)c1. The molecule has 0 radical (unpaired) electrons. The van der Waals surface area contributed by atoms with Crippen LogP contribution in [-0.2, 0) is 0 Å². The van der Waals surface area contributed by atoms with E-state index in [1.54, 1.807) is 0 Å². The minimum atomic E-state index is 0.113. The predicted octanol–water partition coefficient (Wildman–Crippen LogP) is 3.80. The van der Waals surface area contributed by atoms with Gasteiger partial charge < -0.3 is 0 Å². The van der Waals surface area contributed by atoms with Crippen molar-refractivity contribution < 1.29 is 4.79 Å². The second-order valence-corrected chi connectivity index (χ2v) is 6.74. The zero-order valence-electron chi connectivity index (χ0n) is 13.4. The van der Waals surface area contributed by atoms with E-state index in [0.29, 0.717) is 11.5 Å². The zero-order chi connectivity index (χ0) is 16.7. The molecule has 5 nitrogen and oxygen atoms in total. The molecule has 0 spiro atoms. The van der Waals surface area contributed by atoms with Crippen LogP contribution in [0.25, 0.3) is 16.8 Å². The van der Waals surface area contributed by atoms with Gasteiger partial charge in [0.05, 0.1) is 16.8 Å². The van der Waals surface area contributed by atoms with Gasteiger partial charge in [0.2, 0.25) is 5.78 Å². The molecule has 2 heterocycles. The molecule has 0 unspecified atom stereocenters. The monoisotopic (exact) mass is 336 g/mol. The van der Waals surface area contributed by atoms with Crippen molar-refractivity contribution in [2.24, 2.45) is 0 Å². The van der Waals surface area contributed by atoms with Gasteiger partial charge in [0.15, 0.2) is 10.9 Å². The first-order valence-electron chi connectivity index (χ1n) is 7.68. The molecule has 0 atom stereocenters. The normalized spacial score (nSPS) is 11.4. The number of benzene rings is 2. The Hall–Kier alpha value is -2.60. The third-order valence-corrected chi connectivity index (χ3v) is 4.97. The van der Waals surface area contributed by atoms with Crippen molar-refractivity contribution >= 4 is 34.4 Å². The van der Waals surface area contributed by atoms with Gasteiger partial charge >= 0.3 is 0 Å². The summed E-state index contributed by atoms with van der Waals surface area (Å²) < 4.78 is 1.95. The average Bonchev–Trinajstić information content (AvgIpc) is 3.14. The molecule has 0 bridgehead atoms. The molecule has 6 heteroatoms. The lowest BCUT2D eigenvalue weighted by Crippen LogP contribution is -2.05. The Kier molecular flexibility index (Phi) is 3.61. The molecule has 4 aromatic rings. The average molecular weight is 336 g/mol. The number of ketones is 1. The fraction of sp³-hybridized carbons (Fsp3) is 0.167. The first kappa shape index (κ1) is 15.0. The number of imidazole rings is 1. The minimum Gasteiger partial charge on any atom is -0.293 e. The smallest absolute Gasteiger partial charge is 0.231 e. The number of aromatic nitrogens is 4. The number of nitrogens with zero attached hydrogens (tertiary/aromatic N) is 3. The molecule has 0 aliphatic rings. The highest BCUT2D eigenvalue weighted by Crippen LogP contribution is 2.24. The number of hydrogen-bond donors (Lipinski definition) is 1. The minimum absolute atomic E-state index is 0.113. The topological polar surface area (TPSA) is 63.0 Å². The van der Waals surface area contributed by atoms with Crippen LogP contribution in [0.4, 0.5) is 0 Å². The highest BCUT2D eigenvalue weighted by Gasteiger charge is 2.15. The zero-order valence-corrected chi connectivity index (χ0v) is 14.2. The predicted molar refractivity (Wildman–Crippen MR) is 95.8 cm³/mol. The number of hydrogen-bond acceptors (Lipinski definition) is 4. The first-order chi connectivity index (χ1) is 11.6. The molecule has 120 valence electrons. The lowest BCUT2D eigenvalue weighted by atomic mass is 10.0. The van der Waals surface area contributed by atoms with E-state index in [1.807, 2.05) is 60.7 Å². The maximum atomic E-state index is 12.6. The summed E-state index contributed by atoms with van der Waals surface area (Å²) in [5.74, 6) is 1.15. The number of para-hydroxylation sites is 2. The van der Waals surface area contributed by atoms with Crippen LogP contribution < -0.4 is 0 Å². The van der Waals surface area contributed by atoms with Crippen LogP contribution in [0.2, 0.25) is 0 Å². The van der Waals surface area contributed by atoms with Crippen molar-refractivity contribution in [3.05, 3.63) is 59.2 Å². The van der Waals surface area contributed by atoms with E-state index < -0.39 is 0 Å². The summed E-state index contributed by atoms with van der Waals surface area (Å²) in [6, 6.07) is 13.9. The third-order valence-electron chi connectivity index (χ3n) is 4.03. The van der Waals surface area contributed by atoms with Crippen molar-refractivity contribution in [2.45, 2.75) is 19.0 Å². The number of aromatic amines is 1. The van der Waals surface area contributed by atoms with Gasteiger partial charge in [0, 0.05) is 5.56 Å². The van der Waals surface area contributed by atoms with Crippen LogP contribution in [0.5, 0.6) is 0 Å². The Morgan fingerprint density at radius 3 is 2.92 bits per heavy atom. The molecule has 0 fully saturated rings. The fourth-order valence-electron chi connectivity index (χ4n) is 2.78. The number of H-pyrrole nitrogens is 1. The molecule has 0 saturated carbocycles. The summed E-state index contributed by atoms with van der Waals surface area (Å²) in [5.41, 5.74) is 4.78. The fourth-order valence-corrected chi connectivity index (χ4v) is 3.62. The second-order valence-electron chi connectivity index (χ2n) is 5.80. The first-order valence-corrected chi connectivity index (χ1v) is 8.67. The third kappa shape index (κ3) is 2.49. The van der Waals surface area contributed by atoms with Crippen molar-refractivity contribution in [1.29, 1.82) is 0 Å².